The maximum atomic E-state index is 11.1. The highest BCUT2D eigenvalue weighted by atomic mass is 16.5. The SMILES string of the molecule is CCCCCC[C@@H](OC(=O)CN)[C@@H](C)C(=O)O. The summed E-state index contributed by atoms with van der Waals surface area (Å²) in [5.74, 6) is -2.18. The van der Waals surface area contributed by atoms with Crippen molar-refractivity contribution < 1.29 is 19.4 Å². The molecule has 0 saturated heterocycles. The number of unbranched alkanes of at least 4 members (excludes halogenated alkanes) is 3. The second-order valence-corrected chi connectivity index (χ2v) is 4.21. The Balaban J connectivity index is 4.20. The first-order chi connectivity index (χ1) is 8.02. The van der Waals surface area contributed by atoms with E-state index in [0.717, 1.165) is 25.7 Å². The summed E-state index contributed by atoms with van der Waals surface area (Å²) in [7, 11) is 0. The molecule has 0 saturated carbocycles. The first-order valence-corrected chi connectivity index (χ1v) is 6.15. The van der Waals surface area contributed by atoms with Crippen LogP contribution in [0, 0.1) is 5.92 Å². The molecule has 0 amide bonds. The van der Waals surface area contributed by atoms with E-state index in [1.54, 1.807) is 6.92 Å². The number of esters is 1. The van der Waals surface area contributed by atoms with Crippen molar-refractivity contribution in [1.29, 1.82) is 0 Å². The number of nitrogens with two attached hydrogens (primary N) is 1. The summed E-state index contributed by atoms with van der Waals surface area (Å²) in [6.07, 6.45) is 4.13. The van der Waals surface area contributed by atoms with Gasteiger partial charge in [-0.15, -0.1) is 0 Å². The molecule has 0 aliphatic rings. The third-order valence-corrected chi connectivity index (χ3v) is 2.74. The highest BCUT2D eigenvalue weighted by Crippen LogP contribution is 2.16. The third kappa shape index (κ3) is 6.94. The zero-order chi connectivity index (χ0) is 13.3. The second kappa shape index (κ2) is 8.98. The Morgan fingerprint density at radius 1 is 1.29 bits per heavy atom. The topological polar surface area (TPSA) is 89.6 Å². The number of carboxylic acid groups (broad SMARTS) is 1. The number of carbonyl (C=O) groups is 2. The molecule has 0 spiro atoms. The van der Waals surface area contributed by atoms with E-state index >= 15 is 0 Å². The molecule has 2 atom stereocenters. The quantitative estimate of drug-likeness (QED) is 0.475. The fourth-order valence-electron chi connectivity index (χ4n) is 1.56. The fourth-order valence-corrected chi connectivity index (χ4v) is 1.56. The van der Waals surface area contributed by atoms with Gasteiger partial charge in [0, 0.05) is 0 Å². The van der Waals surface area contributed by atoms with Gasteiger partial charge >= 0.3 is 11.9 Å². The Morgan fingerprint density at radius 3 is 2.41 bits per heavy atom. The van der Waals surface area contributed by atoms with Crippen molar-refractivity contribution in [1.82, 2.24) is 0 Å². The van der Waals surface area contributed by atoms with Gasteiger partial charge in [0.1, 0.15) is 6.10 Å². The van der Waals surface area contributed by atoms with Crippen LogP contribution in [0.2, 0.25) is 0 Å². The van der Waals surface area contributed by atoms with Crippen LogP contribution in [0.3, 0.4) is 0 Å². The molecule has 0 aromatic heterocycles. The zero-order valence-corrected chi connectivity index (χ0v) is 10.6. The second-order valence-electron chi connectivity index (χ2n) is 4.21. The molecule has 3 N–H and O–H groups in total. The molecule has 0 unspecified atom stereocenters. The minimum Gasteiger partial charge on any atom is -0.481 e. The molecular formula is C12H23NO4. The average molecular weight is 245 g/mol. The normalized spacial score (nSPS) is 14.1. The van der Waals surface area contributed by atoms with Crippen LogP contribution in [0.1, 0.15) is 46.0 Å². The predicted octanol–water partition coefficient (Wildman–Crippen LogP) is 1.55. The van der Waals surface area contributed by atoms with Crippen LogP contribution in [0.25, 0.3) is 0 Å². The predicted molar refractivity (Wildman–Crippen MR) is 64.5 cm³/mol. The molecule has 0 rings (SSSR count). The summed E-state index contributed by atoms with van der Waals surface area (Å²) >= 11 is 0. The molecule has 5 heteroatoms. The average Bonchev–Trinajstić information content (AvgIpc) is 2.31. The summed E-state index contributed by atoms with van der Waals surface area (Å²) in [4.78, 5) is 22.0. The fraction of sp³-hybridized carbons (Fsp3) is 0.833. The summed E-state index contributed by atoms with van der Waals surface area (Å²) < 4.78 is 5.06. The van der Waals surface area contributed by atoms with E-state index in [0.29, 0.717) is 6.42 Å². The smallest absolute Gasteiger partial charge is 0.319 e. The molecular weight excluding hydrogens is 222 g/mol. The molecule has 0 bridgehead atoms. The van der Waals surface area contributed by atoms with Crippen LogP contribution < -0.4 is 5.73 Å². The van der Waals surface area contributed by atoms with E-state index in [9.17, 15) is 9.59 Å². The number of rotatable bonds is 9. The number of ether oxygens (including phenoxy) is 1. The van der Waals surface area contributed by atoms with Crippen molar-refractivity contribution in [2.45, 2.75) is 52.1 Å². The Kier molecular flexibility index (Phi) is 8.40. The minimum absolute atomic E-state index is 0.211. The Bertz CT molecular complexity index is 243. The molecule has 0 aliphatic carbocycles. The molecule has 0 aliphatic heterocycles. The summed E-state index contributed by atoms with van der Waals surface area (Å²) in [6, 6.07) is 0. The number of carbonyl (C=O) groups excluding carboxylic acids is 1. The van der Waals surface area contributed by atoms with Gasteiger partial charge in [-0.3, -0.25) is 9.59 Å². The summed E-state index contributed by atoms with van der Waals surface area (Å²) in [5, 5.41) is 8.92. The van der Waals surface area contributed by atoms with Crippen molar-refractivity contribution in [3.05, 3.63) is 0 Å². The van der Waals surface area contributed by atoms with Crippen LogP contribution >= 0.6 is 0 Å². The van der Waals surface area contributed by atoms with E-state index in [2.05, 4.69) is 6.92 Å². The largest absolute Gasteiger partial charge is 0.481 e. The lowest BCUT2D eigenvalue weighted by atomic mass is 9.98. The standard InChI is InChI=1S/C12H23NO4/c1-3-4-5-6-7-10(9(2)12(15)16)17-11(14)8-13/h9-10H,3-8,13H2,1-2H3,(H,15,16)/t9-,10-/m1/s1. The Morgan fingerprint density at radius 2 is 1.94 bits per heavy atom. The van der Waals surface area contributed by atoms with Gasteiger partial charge in [0.05, 0.1) is 12.5 Å². The number of hydrogen-bond donors (Lipinski definition) is 2. The lowest BCUT2D eigenvalue weighted by Gasteiger charge is -2.21. The molecule has 17 heavy (non-hydrogen) atoms. The van der Waals surface area contributed by atoms with Gasteiger partial charge in [0.15, 0.2) is 0 Å². The Hall–Kier alpha value is -1.10. The van der Waals surface area contributed by atoms with E-state index in [1.165, 1.54) is 0 Å². The van der Waals surface area contributed by atoms with Gasteiger partial charge in [-0.2, -0.15) is 0 Å². The van der Waals surface area contributed by atoms with Gasteiger partial charge in [-0.25, -0.2) is 0 Å². The van der Waals surface area contributed by atoms with Crippen molar-refractivity contribution >= 4 is 11.9 Å². The zero-order valence-electron chi connectivity index (χ0n) is 10.6. The molecule has 100 valence electrons. The minimum atomic E-state index is -0.949. The van der Waals surface area contributed by atoms with Crippen LogP contribution in [-0.2, 0) is 14.3 Å². The van der Waals surface area contributed by atoms with Gasteiger partial charge < -0.3 is 15.6 Å². The molecule has 0 heterocycles. The van der Waals surface area contributed by atoms with E-state index in [4.69, 9.17) is 15.6 Å². The maximum Gasteiger partial charge on any atom is 0.319 e. The Labute approximate surface area is 102 Å². The van der Waals surface area contributed by atoms with Crippen molar-refractivity contribution in [3.63, 3.8) is 0 Å². The number of hydrogen-bond acceptors (Lipinski definition) is 4. The van der Waals surface area contributed by atoms with E-state index < -0.39 is 24.0 Å². The third-order valence-electron chi connectivity index (χ3n) is 2.74. The molecule has 0 radical (unpaired) electrons. The molecule has 0 aromatic carbocycles. The first kappa shape index (κ1) is 15.9. The van der Waals surface area contributed by atoms with E-state index in [-0.39, 0.29) is 6.54 Å². The lowest BCUT2D eigenvalue weighted by molar-refractivity contribution is -0.157. The summed E-state index contributed by atoms with van der Waals surface area (Å²) in [6.45, 7) is 3.44. The monoisotopic (exact) mass is 245 g/mol. The van der Waals surface area contributed by atoms with Crippen molar-refractivity contribution in [2.24, 2.45) is 11.7 Å². The van der Waals surface area contributed by atoms with Gasteiger partial charge in [-0.1, -0.05) is 26.2 Å². The van der Waals surface area contributed by atoms with Gasteiger partial charge in [0.25, 0.3) is 0 Å². The van der Waals surface area contributed by atoms with Gasteiger partial charge in [0.2, 0.25) is 0 Å². The first-order valence-electron chi connectivity index (χ1n) is 6.15. The van der Waals surface area contributed by atoms with Crippen LogP contribution in [0.5, 0.6) is 0 Å². The molecule has 0 aromatic rings. The highest BCUT2D eigenvalue weighted by molar-refractivity contribution is 5.73. The lowest BCUT2D eigenvalue weighted by Crippen LogP contribution is -2.32. The van der Waals surface area contributed by atoms with Crippen LogP contribution in [0.4, 0.5) is 0 Å². The van der Waals surface area contributed by atoms with Crippen molar-refractivity contribution in [2.75, 3.05) is 6.54 Å². The van der Waals surface area contributed by atoms with Crippen molar-refractivity contribution in [3.8, 4) is 0 Å². The number of carboxylic acids is 1. The maximum absolute atomic E-state index is 11.1. The molecule has 0 fully saturated rings. The van der Waals surface area contributed by atoms with Crippen LogP contribution in [-0.4, -0.2) is 29.7 Å². The number of aliphatic carboxylic acids is 1. The molecule has 5 nitrogen and oxygen atoms in total. The van der Waals surface area contributed by atoms with Gasteiger partial charge in [-0.05, 0) is 19.8 Å². The summed E-state index contributed by atoms with van der Waals surface area (Å²) in [5.41, 5.74) is 5.15. The van der Waals surface area contributed by atoms with E-state index in [1.807, 2.05) is 0 Å². The highest BCUT2D eigenvalue weighted by Gasteiger charge is 2.26. The van der Waals surface area contributed by atoms with Crippen LogP contribution in [0.15, 0.2) is 0 Å².